The summed E-state index contributed by atoms with van der Waals surface area (Å²) < 4.78 is 7.26. The summed E-state index contributed by atoms with van der Waals surface area (Å²) in [5, 5.41) is 15.6. The van der Waals surface area contributed by atoms with Crippen LogP contribution in [-0.2, 0) is 6.54 Å². The topological polar surface area (TPSA) is 64.4 Å². The van der Waals surface area contributed by atoms with Crippen LogP contribution in [0.2, 0.25) is 10.0 Å². The fourth-order valence-electron chi connectivity index (χ4n) is 2.89. The number of hydrogen-bond donors (Lipinski definition) is 1. The van der Waals surface area contributed by atoms with Gasteiger partial charge >= 0.3 is 5.97 Å². The summed E-state index contributed by atoms with van der Waals surface area (Å²) in [6.07, 6.45) is 0.614. The van der Waals surface area contributed by atoms with Gasteiger partial charge in [-0.3, -0.25) is 4.68 Å². The predicted molar refractivity (Wildman–Crippen MR) is 103 cm³/mol. The first-order valence-electron chi connectivity index (χ1n) is 8.15. The second kappa shape index (κ2) is 7.56. The van der Waals surface area contributed by atoms with Crippen LogP contribution in [0.25, 0.3) is 10.9 Å². The van der Waals surface area contributed by atoms with Crippen LogP contribution in [0.4, 0.5) is 0 Å². The minimum Gasteiger partial charge on any atom is -0.494 e. The molecule has 136 valence electrons. The van der Waals surface area contributed by atoms with E-state index in [0.29, 0.717) is 35.5 Å². The zero-order valence-electron chi connectivity index (χ0n) is 14.4. The molecule has 26 heavy (non-hydrogen) atoms. The van der Waals surface area contributed by atoms with Crippen LogP contribution in [0.15, 0.2) is 30.3 Å². The second-order valence-corrected chi connectivity index (χ2v) is 6.93. The van der Waals surface area contributed by atoms with Gasteiger partial charge in [0.25, 0.3) is 0 Å². The Morgan fingerprint density at radius 1 is 1.19 bits per heavy atom. The summed E-state index contributed by atoms with van der Waals surface area (Å²) in [5.74, 6) is -0.278. The normalized spacial score (nSPS) is 11.1. The van der Waals surface area contributed by atoms with Gasteiger partial charge < -0.3 is 9.84 Å². The molecule has 1 N–H and O–H groups in total. The lowest BCUT2D eigenvalue weighted by Crippen LogP contribution is -2.12. The molecule has 0 saturated heterocycles. The highest BCUT2D eigenvalue weighted by molar-refractivity contribution is 6.32. The summed E-state index contributed by atoms with van der Waals surface area (Å²) in [4.78, 5) is 11.6. The number of halogens is 2. The van der Waals surface area contributed by atoms with Gasteiger partial charge in [-0.05, 0) is 55.3 Å². The zero-order chi connectivity index (χ0) is 18.8. The van der Waals surface area contributed by atoms with E-state index in [0.717, 1.165) is 21.9 Å². The van der Waals surface area contributed by atoms with Gasteiger partial charge in [-0.1, -0.05) is 23.2 Å². The van der Waals surface area contributed by atoms with Crippen LogP contribution in [0, 0.1) is 13.8 Å². The van der Waals surface area contributed by atoms with E-state index in [-0.39, 0.29) is 5.69 Å². The Hall–Kier alpha value is -2.24. The molecule has 2 aromatic carbocycles. The summed E-state index contributed by atoms with van der Waals surface area (Å²) in [6, 6.07) is 8.82. The third-order valence-corrected chi connectivity index (χ3v) is 4.93. The molecule has 7 heteroatoms. The predicted octanol–water partition coefficient (Wildman–Crippen LogP) is 5.13. The molecule has 0 aliphatic rings. The van der Waals surface area contributed by atoms with Crippen molar-refractivity contribution in [3.8, 4) is 5.75 Å². The van der Waals surface area contributed by atoms with Gasteiger partial charge in [0.1, 0.15) is 5.75 Å². The van der Waals surface area contributed by atoms with Gasteiger partial charge in [-0.2, -0.15) is 5.10 Å². The molecule has 0 aliphatic carbocycles. The van der Waals surface area contributed by atoms with Gasteiger partial charge in [0.2, 0.25) is 0 Å². The summed E-state index contributed by atoms with van der Waals surface area (Å²) in [6.45, 7) is 4.74. The summed E-state index contributed by atoms with van der Waals surface area (Å²) in [7, 11) is 0. The van der Waals surface area contributed by atoms with Crippen molar-refractivity contribution in [1.29, 1.82) is 0 Å². The Labute approximate surface area is 161 Å². The molecule has 0 saturated carbocycles. The van der Waals surface area contributed by atoms with Crippen molar-refractivity contribution < 1.29 is 14.6 Å². The van der Waals surface area contributed by atoms with E-state index >= 15 is 0 Å². The highest BCUT2D eigenvalue weighted by Gasteiger charge is 2.17. The molecule has 0 amide bonds. The number of carboxylic acid groups (broad SMARTS) is 1. The van der Waals surface area contributed by atoms with Gasteiger partial charge in [0.15, 0.2) is 5.69 Å². The Bertz CT molecular complexity index is 959. The first kappa shape index (κ1) is 18.5. The molecule has 5 nitrogen and oxygen atoms in total. The average Bonchev–Trinajstić information content (AvgIpc) is 2.94. The molecule has 1 heterocycles. The molecule has 0 aliphatic heterocycles. The summed E-state index contributed by atoms with van der Waals surface area (Å²) in [5.41, 5.74) is 2.67. The number of carbonyl (C=O) groups is 1. The van der Waals surface area contributed by atoms with Crippen molar-refractivity contribution in [2.24, 2.45) is 0 Å². The second-order valence-electron chi connectivity index (χ2n) is 6.11. The van der Waals surface area contributed by atoms with Crippen LogP contribution in [-0.4, -0.2) is 27.5 Å². The maximum absolute atomic E-state index is 11.6. The SMILES string of the molecule is Cc1cc(OCCCn2nc3ccc(Cl)cc3c2C(=O)O)cc(C)c1Cl. The Kier molecular flexibility index (Phi) is 5.39. The number of carboxylic acids is 1. The van der Waals surface area contributed by atoms with Gasteiger partial charge in [-0.15, -0.1) is 0 Å². The number of fused-ring (bicyclic) bond motifs is 1. The first-order chi connectivity index (χ1) is 12.4. The van der Waals surface area contributed by atoms with Crippen molar-refractivity contribution in [3.05, 3.63) is 57.2 Å². The smallest absolute Gasteiger partial charge is 0.354 e. The van der Waals surface area contributed by atoms with E-state index in [1.807, 2.05) is 26.0 Å². The van der Waals surface area contributed by atoms with E-state index in [4.69, 9.17) is 27.9 Å². The maximum Gasteiger partial charge on any atom is 0.354 e. The molecule has 1 aromatic heterocycles. The van der Waals surface area contributed by atoms with E-state index in [1.165, 1.54) is 4.68 Å². The molecule has 0 unspecified atom stereocenters. The van der Waals surface area contributed by atoms with Crippen molar-refractivity contribution in [2.45, 2.75) is 26.8 Å². The van der Waals surface area contributed by atoms with Crippen LogP contribution >= 0.6 is 23.2 Å². The third-order valence-electron chi connectivity index (χ3n) is 4.10. The van der Waals surface area contributed by atoms with E-state index in [1.54, 1.807) is 18.2 Å². The first-order valence-corrected chi connectivity index (χ1v) is 8.91. The van der Waals surface area contributed by atoms with Gasteiger partial charge in [0.05, 0.1) is 12.1 Å². The van der Waals surface area contributed by atoms with E-state index in [2.05, 4.69) is 5.10 Å². The van der Waals surface area contributed by atoms with Crippen LogP contribution < -0.4 is 4.74 Å². The lowest BCUT2D eigenvalue weighted by molar-refractivity contribution is 0.0684. The molecule has 0 spiro atoms. The number of aromatic nitrogens is 2. The lowest BCUT2D eigenvalue weighted by atomic mass is 10.1. The largest absolute Gasteiger partial charge is 0.494 e. The molecule has 0 fully saturated rings. The lowest BCUT2D eigenvalue weighted by Gasteiger charge is -2.10. The van der Waals surface area contributed by atoms with Crippen molar-refractivity contribution in [1.82, 2.24) is 9.78 Å². The minimum atomic E-state index is -1.03. The number of hydrogen-bond acceptors (Lipinski definition) is 3. The summed E-state index contributed by atoms with van der Waals surface area (Å²) >= 11 is 12.1. The van der Waals surface area contributed by atoms with E-state index < -0.39 is 5.97 Å². The number of ether oxygens (including phenoxy) is 1. The van der Waals surface area contributed by atoms with Crippen molar-refractivity contribution in [3.63, 3.8) is 0 Å². The third kappa shape index (κ3) is 3.79. The Balaban J connectivity index is 1.70. The average molecular weight is 393 g/mol. The highest BCUT2D eigenvalue weighted by Crippen LogP contribution is 2.26. The molecular formula is C19H18Cl2N2O3. The number of nitrogens with zero attached hydrogens (tertiary/aromatic N) is 2. The van der Waals surface area contributed by atoms with Gasteiger partial charge in [-0.25, -0.2) is 4.79 Å². The van der Waals surface area contributed by atoms with Crippen molar-refractivity contribution in [2.75, 3.05) is 6.61 Å². The maximum atomic E-state index is 11.6. The number of aryl methyl sites for hydroxylation is 3. The standard InChI is InChI=1S/C19H18Cl2N2O3/c1-11-8-14(9-12(2)17(11)21)26-7-3-6-23-18(19(24)25)15-10-13(20)4-5-16(15)22-23/h4-5,8-10H,3,6-7H2,1-2H3,(H,24,25). The fourth-order valence-corrected chi connectivity index (χ4v) is 3.17. The zero-order valence-corrected chi connectivity index (χ0v) is 15.9. The van der Waals surface area contributed by atoms with Gasteiger partial charge in [0, 0.05) is 28.4 Å². The minimum absolute atomic E-state index is 0.140. The van der Waals surface area contributed by atoms with Crippen molar-refractivity contribution >= 4 is 40.1 Å². The fraction of sp³-hybridized carbons (Fsp3) is 0.263. The number of rotatable bonds is 6. The Morgan fingerprint density at radius 2 is 1.88 bits per heavy atom. The number of benzene rings is 2. The van der Waals surface area contributed by atoms with Crippen LogP contribution in [0.1, 0.15) is 28.0 Å². The molecule has 0 bridgehead atoms. The monoisotopic (exact) mass is 392 g/mol. The van der Waals surface area contributed by atoms with Crippen LogP contribution in [0.3, 0.4) is 0 Å². The quantitative estimate of drug-likeness (QED) is 0.590. The number of aromatic carboxylic acids is 1. The highest BCUT2D eigenvalue weighted by atomic mass is 35.5. The molecule has 0 atom stereocenters. The molecule has 0 radical (unpaired) electrons. The molecule has 3 rings (SSSR count). The van der Waals surface area contributed by atoms with E-state index in [9.17, 15) is 9.90 Å². The Morgan fingerprint density at radius 3 is 2.54 bits per heavy atom. The molecule has 3 aromatic rings. The molecular weight excluding hydrogens is 375 g/mol. The van der Waals surface area contributed by atoms with Crippen LogP contribution in [0.5, 0.6) is 5.75 Å².